The van der Waals surface area contributed by atoms with Crippen LogP contribution in [0.3, 0.4) is 0 Å². The van der Waals surface area contributed by atoms with Gasteiger partial charge in [-0.2, -0.15) is 0 Å². The molecule has 1 aromatic carbocycles. The second-order valence-corrected chi connectivity index (χ2v) is 9.01. The van der Waals surface area contributed by atoms with Crippen molar-refractivity contribution in [2.45, 2.75) is 27.7 Å². The number of amides is 4. The van der Waals surface area contributed by atoms with Crippen molar-refractivity contribution in [2.75, 3.05) is 49.1 Å². The highest BCUT2D eigenvalue weighted by atomic mass is 35.5. The van der Waals surface area contributed by atoms with E-state index < -0.39 is 6.03 Å². The smallest absolute Gasteiger partial charge is 0.331 e. The number of nitrogens with zero attached hydrogens (tertiary/aromatic N) is 5. The summed E-state index contributed by atoms with van der Waals surface area (Å²) in [5, 5.41) is 0.428. The lowest BCUT2D eigenvalue weighted by atomic mass is 10.1. The summed E-state index contributed by atoms with van der Waals surface area (Å²) < 4.78 is 0. The minimum Gasteiger partial charge on any atom is -0.353 e. The number of benzene rings is 1. The van der Waals surface area contributed by atoms with Gasteiger partial charge in [0.25, 0.3) is 5.91 Å². The zero-order valence-electron chi connectivity index (χ0n) is 19.4. The summed E-state index contributed by atoms with van der Waals surface area (Å²) in [6.07, 6.45) is 0. The number of pyridine rings is 1. The van der Waals surface area contributed by atoms with Crippen molar-refractivity contribution < 1.29 is 14.4 Å². The lowest BCUT2D eigenvalue weighted by Crippen LogP contribution is -2.49. The van der Waals surface area contributed by atoms with Gasteiger partial charge >= 0.3 is 6.03 Å². The Morgan fingerprint density at radius 1 is 0.939 bits per heavy atom. The van der Waals surface area contributed by atoms with Crippen LogP contribution >= 0.6 is 11.6 Å². The van der Waals surface area contributed by atoms with Gasteiger partial charge in [-0.1, -0.05) is 17.7 Å². The Morgan fingerprint density at radius 2 is 1.64 bits per heavy atom. The molecule has 0 atom stereocenters. The van der Waals surface area contributed by atoms with Crippen LogP contribution in [-0.2, 0) is 4.79 Å². The fraction of sp³-hybridized carbons (Fsp3) is 0.417. The number of aryl methyl sites for hydroxylation is 3. The molecule has 0 spiro atoms. The number of hydrogen-bond acceptors (Lipinski definition) is 5. The van der Waals surface area contributed by atoms with Crippen LogP contribution in [0.1, 0.15) is 34.1 Å². The molecule has 8 nitrogen and oxygen atoms in total. The maximum atomic E-state index is 13.4. The Kier molecular flexibility index (Phi) is 6.30. The summed E-state index contributed by atoms with van der Waals surface area (Å²) in [6.45, 7) is 10.5. The quantitative estimate of drug-likeness (QED) is 0.688. The molecule has 0 unspecified atom stereocenters. The van der Waals surface area contributed by atoms with E-state index in [0.717, 1.165) is 17.1 Å². The number of hydrogen-bond donors (Lipinski definition) is 0. The van der Waals surface area contributed by atoms with Crippen molar-refractivity contribution in [3.8, 4) is 0 Å². The topological polar surface area (TPSA) is 77.1 Å². The first-order chi connectivity index (χ1) is 15.7. The molecule has 2 aliphatic heterocycles. The molecule has 2 aliphatic rings. The molecule has 9 heteroatoms. The second kappa shape index (κ2) is 9.02. The third kappa shape index (κ3) is 4.39. The molecule has 0 saturated carbocycles. The molecule has 0 bridgehead atoms. The van der Waals surface area contributed by atoms with Crippen molar-refractivity contribution in [1.82, 2.24) is 14.8 Å². The van der Waals surface area contributed by atoms with Crippen LogP contribution in [0.25, 0.3) is 0 Å². The Hall–Kier alpha value is -3.13. The molecule has 2 fully saturated rings. The molecular formula is C24H28ClN5O3. The Bertz CT molecular complexity index is 1130. The van der Waals surface area contributed by atoms with Crippen LogP contribution < -0.4 is 9.80 Å². The number of rotatable bonds is 3. The van der Waals surface area contributed by atoms with Crippen LogP contribution in [0.15, 0.2) is 24.3 Å². The Morgan fingerprint density at radius 3 is 2.27 bits per heavy atom. The average molecular weight is 470 g/mol. The van der Waals surface area contributed by atoms with E-state index in [1.54, 1.807) is 23.1 Å². The van der Waals surface area contributed by atoms with Gasteiger partial charge in [-0.15, -0.1) is 0 Å². The minimum absolute atomic E-state index is 0.153. The van der Waals surface area contributed by atoms with Crippen molar-refractivity contribution in [3.63, 3.8) is 0 Å². The van der Waals surface area contributed by atoms with Crippen LogP contribution in [0.4, 0.5) is 16.3 Å². The van der Waals surface area contributed by atoms with E-state index in [-0.39, 0.29) is 18.4 Å². The summed E-state index contributed by atoms with van der Waals surface area (Å²) in [7, 11) is 0. The monoisotopic (exact) mass is 469 g/mol. The summed E-state index contributed by atoms with van der Waals surface area (Å²) >= 11 is 6.20. The van der Waals surface area contributed by atoms with Crippen LogP contribution in [0.2, 0.25) is 5.02 Å². The van der Waals surface area contributed by atoms with Gasteiger partial charge in [-0.05, 0) is 50.1 Å². The van der Waals surface area contributed by atoms with Crippen molar-refractivity contribution in [1.29, 1.82) is 0 Å². The minimum atomic E-state index is -0.431. The number of aromatic nitrogens is 1. The van der Waals surface area contributed by atoms with Crippen LogP contribution in [0, 0.1) is 20.8 Å². The van der Waals surface area contributed by atoms with E-state index in [0.29, 0.717) is 49.0 Å². The zero-order valence-corrected chi connectivity index (χ0v) is 20.1. The van der Waals surface area contributed by atoms with Gasteiger partial charge in [-0.25, -0.2) is 9.78 Å². The first-order valence-electron chi connectivity index (χ1n) is 11.1. The number of urea groups is 1. The van der Waals surface area contributed by atoms with E-state index in [1.165, 1.54) is 22.3 Å². The van der Waals surface area contributed by atoms with E-state index in [2.05, 4.69) is 24.8 Å². The molecule has 0 aliphatic carbocycles. The van der Waals surface area contributed by atoms with Gasteiger partial charge in [0, 0.05) is 56.9 Å². The third-order valence-corrected chi connectivity index (χ3v) is 6.60. The first kappa shape index (κ1) is 23.0. The van der Waals surface area contributed by atoms with Gasteiger partial charge < -0.3 is 9.80 Å². The molecule has 174 valence electrons. The Balaban J connectivity index is 1.53. The third-order valence-electron chi connectivity index (χ3n) is 6.37. The van der Waals surface area contributed by atoms with E-state index >= 15 is 0 Å². The number of piperazine rings is 1. The number of halogens is 1. The highest BCUT2D eigenvalue weighted by Crippen LogP contribution is 2.30. The highest BCUT2D eigenvalue weighted by molar-refractivity contribution is 6.31. The average Bonchev–Trinajstić information content (AvgIpc) is 3.17. The SMILES string of the molecule is CC(=O)N1CCN(c2cc(Cl)ccc2C(=O)N2CCN(c3nc(C)c(C)cc3C)CC2)C1=O. The maximum absolute atomic E-state index is 13.4. The van der Waals surface area contributed by atoms with E-state index in [1.807, 2.05) is 6.92 Å². The predicted octanol–water partition coefficient (Wildman–Crippen LogP) is 3.41. The fourth-order valence-electron chi connectivity index (χ4n) is 4.40. The number of imide groups is 1. The summed E-state index contributed by atoms with van der Waals surface area (Å²) in [4.78, 5) is 49.3. The van der Waals surface area contributed by atoms with Gasteiger partial charge in [-0.3, -0.25) is 19.4 Å². The molecule has 0 radical (unpaired) electrons. The number of carbonyl (C=O) groups excluding carboxylic acids is 3. The summed E-state index contributed by atoms with van der Waals surface area (Å²) in [5.74, 6) is 0.494. The highest BCUT2D eigenvalue weighted by Gasteiger charge is 2.35. The second-order valence-electron chi connectivity index (χ2n) is 8.58. The molecule has 4 rings (SSSR count). The maximum Gasteiger partial charge on any atom is 0.331 e. The van der Waals surface area contributed by atoms with Gasteiger partial charge in [0.15, 0.2) is 0 Å². The zero-order chi connectivity index (χ0) is 23.9. The number of anilines is 2. The molecule has 2 aromatic rings. The van der Waals surface area contributed by atoms with Gasteiger partial charge in [0.05, 0.1) is 11.3 Å². The van der Waals surface area contributed by atoms with E-state index in [9.17, 15) is 14.4 Å². The largest absolute Gasteiger partial charge is 0.353 e. The Labute approximate surface area is 198 Å². The van der Waals surface area contributed by atoms with E-state index in [4.69, 9.17) is 16.6 Å². The van der Waals surface area contributed by atoms with Gasteiger partial charge in [0.1, 0.15) is 5.82 Å². The normalized spacial score (nSPS) is 16.6. The lowest BCUT2D eigenvalue weighted by Gasteiger charge is -2.36. The molecule has 1 aromatic heterocycles. The fourth-order valence-corrected chi connectivity index (χ4v) is 4.57. The van der Waals surface area contributed by atoms with Gasteiger partial charge in [0.2, 0.25) is 5.91 Å². The summed E-state index contributed by atoms with van der Waals surface area (Å²) in [6, 6.07) is 6.65. The van der Waals surface area contributed by atoms with Crippen LogP contribution in [0.5, 0.6) is 0 Å². The molecule has 2 saturated heterocycles. The molecular weight excluding hydrogens is 442 g/mol. The standard InChI is InChI=1S/C24H28ClN5O3/c1-15-13-16(2)22(26-17(15)3)27-7-9-28(10-8-27)23(32)20-6-5-19(25)14-21(20)30-12-11-29(18(4)31)24(30)33/h5-6,13-14H,7-12H2,1-4H3. The van der Waals surface area contributed by atoms with Crippen LogP contribution in [-0.4, -0.2) is 71.9 Å². The molecule has 3 heterocycles. The lowest BCUT2D eigenvalue weighted by molar-refractivity contribution is -0.125. The van der Waals surface area contributed by atoms with Crippen molar-refractivity contribution in [3.05, 3.63) is 51.7 Å². The predicted molar refractivity (Wildman–Crippen MR) is 128 cm³/mol. The molecule has 0 N–H and O–H groups in total. The number of carbonyl (C=O) groups is 3. The summed E-state index contributed by atoms with van der Waals surface area (Å²) in [5.41, 5.74) is 4.15. The molecule has 33 heavy (non-hydrogen) atoms. The van der Waals surface area contributed by atoms with Crippen molar-refractivity contribution >= 4 is 41.0 Å². The molecule has 4 amide bonds. The first-order valence-corrected chi connectivity index (χ1v) is 11.4. The van der Waals surface area contributed by atoms with Crippen molar-refractivity contribution in [2.24, 2.45) is 0 Å².